The number of fused-ring (bicyclic) bond motifs is 1. The van der Waals surface area contributed by atoms with Crippen LogP contribution in [-0.4, -0.2) is 28.3 Å². The molecule has 2 aromatic rings. The molecule has 0 bridgehead atoms. The van der Waals surface area contributed by atoms with Crippen molar-refractivity contribution in [3.05, 3.63) is 29.8 Å². The number of nitrogens with one attached hydrogen (secondary N) is 2. The molecule has 22 heavy (non-hydrogen) atoms. The van der Waals surface area contributed by atoms with E-state index in [2.05, 4.69) is 15.3 Å². The van der Waals surface area contributed by atoms with E-state index in [1.165, 1.54) is 12.1 Å². The van der Waals surface area contributed by atoms with E-state index >= 15 is 0 Å². The summed E-state index contributed by atoms with van der Waals surface area (Å²) in [6, 6.07) is 4.25. The van der Waals surface area contributed by atoms with Crippen molar-refractivity contribution in [2.45, 2.75) is 31.6 Å². The minimum Gasteiger partial charge on any atom is -0.355 e. The van der Waals surface area contributed by atoms with Crippen LogP contribution in [0.1, 0.15) is 25.1 Å². The molecule has 1 atom stereocenters. The zero-order valence-electron chi connectivity index (χ0n) is 11.8. The van der Waals surface area contributed by atoms with Crippen LogP contribution in [0.3, 0.4) is 0 Å². The third-order valence-corrected chi connectivity index (χ3v) is 3.93. The maximum Gasteiger partial charge on any atom is 0.248 e. The van der Waals surface area contributed by atoms with Crippen LogP contribution in [0.2, 0.25) is 0 Å². The van der Waals surface area contributed by atoms with E-state index < -0.39 is 11.8 Å². The van der Waals surface area contributed by atoms with Gasteiger partial charge in [-0.25, -0.2) is 18.2 Å². The number of aromatic nitrogens is 2. The molecule has 7 heteroatoms. The van der Waals surface area contributed by atoms with Gasteiger partial charge in [0.05, 0.1) is 11.0 Å². The SMILES string of the molecule is O=C(NCCc1nc2ccc(F)cc2[nH]1)C1CCC(F)(F)C1. The maximum atomic E-state index is 13.1. The fraction of sp³-hybridized carbons (Fsp3) is 0.467. The van der Waals surface area contributed by atoms with Crippen molar-refractivity contribution in [3.63, 3.8) is 0 Å². The summed E-state index contributed by atoms with van der Waals surface area (Å²) in [5, 5.41) is 2.66. The molecule has 2 N–H and O–H groups in total. The van der Waals surface area contributed by atoms with E-state index in [9.17, 15) is 18.0 Å². The van der Waals surface area contributed by atoms with Gasteiger partial charge >= 0.3 is 0 Å². The highest BCUT2D eigenvalue weighted by atomic mass is 19.3. The number of halogens is 3. The highest BCUT2D eigenvalue weighted by Gasteiger charge is 2.42. The summed E-state index contributed by atoms with van der Waals surface area (Å²) in [4.78, 5) is 19.1. The van der Waals surface area contributed by atoms with Crippen LogP contribution in [0.5, 0.6) is 0 Å². The first-order chi connectivity index (χ1) is 10.4. The van der Waals surface area contributed by atoms with Crippen molar-refractivity contribution in [1.29, 1.82) is 0 Å². The van der Waals surface area contributed by atoms with Crippen molar-refractivity contribution >= 4 is 16.9 Å². The number of carbonyl (C=O) groups excluding carboxylic acids is 1. The van der Waals surface area contributed by atoms with Crippen molar-refractivity contribution < 1.29 is 18.0 Å². The van der Waals surface area contributed by atoms with Gasteiger partial charge in [0.1, 0.15) is 11.6 Å². The first-order valence-electron chi connectivity index (χ1n) is 7.23. The van der Waals surface area contributed by atoms with Gasteiger partial charge in [0.25, 0.3) is 0 Å². The molecular formula is C15H16F3N3O. The van der Waals surface area contributed by atoms with E-state index in [1.54, 1.807) is 6.07 Å². The summed E-state index contributed by atoms with van der Waals surface area (Å²) in [6.45, 7) is 0.309. The third kappa shape index (κ3) is 3.23. The number of alkyl halides is 2. The van der Waals surface area contributed by atoms with Gasteiger partial charge in [-0.15, -0.1) is 0 Å². The molecule has 3 rings (SSSR count). The molecule has 1 aromatic heterocycles. The number of hydrogen-bond acceptors (Lipinski definition) is 2. The molecule has 4 nitrogen and oxygen atoms in total. The average Bonchev–Trinajstić information content (AvgIpc) is 3.01. The molecule has 0 spiro atoms. The summed E-state index contributed by atoms with van der Waals surface area (Å²) < 4.78 is 39.2. The Morgan fingerprint density at radius 3 is 3.00 bits per heavy atom. The van der Waals surface area contributed by atoms with Gasteiger partial charge in [-0.2, -0.15) is 0 Å². The minimum atomic E-state index is -2.72. The molecule has 1 aromatic carbocycles. The highest BCUT2D eigenvalue weighted by molar-refractivity contribution is 5.79. The third-order valence-electron chi connectivity index (χ3n) is 3.93. The molecule has 1 unspecified atom stereocenters. The van der Waals surface area contributed by atoms with Crippen LogP contribution in [0, 0.1) is 11.7 Å². The number of rotatable bonds is 4. The molecule has 1 aliphatic rings. The normalized spacial score (nSPS) is 20.4. The summed E-state index contributed by atoms with van der Waals surface area (Å²) in [5.74, 6) is -3.39. The molecule has 1 fully saturated rings. The van der Waals surface area contributed by atoms with Crippen molar-refractivity contribution in [1.82, 2.24) is 15.3 Å². The molecule has 1 heterocycles. The largest absolute Gasteiger partial charge is 0.355 e. The zero-order chi connectivity index (χ0) is 15.7. The van der Waals surface area contributed by atoms with E-state index in [0.717, 1.165) is 0 Å². The summed E-state index contributed by atoms with van der Waals surface area (Å²) in [5.41, 5.74) is 1.25. The van der Waals surface area contributed by atoms with Crippen LogP contribution in [0.15, 0.2) is 18.2 Å². The van der Waals surface area contributed by atoms with Gasteiger partial charge < -0.3 is 10.3 Å². The van der Waals surface area contributed by atoms with Crippen LogP contribution in [0.4, 0.5) is 13.2 Å². The monoisotopic (exact) mass is 311 g/mol. The summed E-state index contributed by atoms with van der Waals surface area (Å²) >= 11 is 0. The van der Waals surface area contributed by atoms with Gasteiger partial charge in [-0.1, -0.05) is 0 Å². The Kier molecular flexibility index (Phi) is 3.80. The first kappa shape index (κ1) is 14.9. The standard InChI is InChI=1S/C15H16F3N3O/c16-10-1-2-11-12(7-10)21-13(20-11)4-6-19-14(22)9-3-5-15(17,18)8-9/h1-2,7,9H,3-6,8H2,(H,19,22)(H,20,21). The lowest BCUT2D eigenvalue weighted by Gasteiger charge is -2.10. The lowest BCUT2D eigenvalue weighted by molar-refractivity contribution is -0.125. The second-order valence-electron chi connectivity index (χ2n) is 5.68. The predicted molar refractivity (Wildman–Crippen MR) is 75.1 cm³/mol. The lowest BCUT2D eigenvalue weighted by atomic mass is 10.1. The number of amides is 1. The smallest absolute Gasteiger partial charge is 0.248 e. The van der Waals surface area contributed by atoms with Gasteiger partial charge in [-0.3, -0.25) is 4.79 Å². The molecule has 0 saturated heterocycles. The second kappa shape index (κ2) is 5.62. The first-order valence-corrected chi connectivity index (χ1v) is 7.23. The van der Waals surface area contributed by atoms with Crippen LogP contribution in [-0.2, 0) is 11.2 Å². The quantitative estimate of drug-likeness (QED) is 0.912. The summed E-state index contributed by atoms with van der Waals surface area (Å²) in [7, 11) is 0. The second-order valence-corrected chi connectivity index (χ2v) is 5.68. The molecule has 1 aliphatic carbocycles. The number of carbonyl (C=O) groups is 1. The number of hydrogen-bond donors (Lipinski definition) is 2. The molecule has 118 valence electrons. The van der Waals surface area contributed by atoms with Crippen molar-refractivity contribution in [3.8, 4) is 0 Å². The Morgan fingerprint density at radius 2 is 2.27 bits per heavy atom. The Morgan fingerprint density at radius 1 is 1.45 bits per heavy atom. The predicted octanol–water partition coefficient (Wildman–Crippen LogP) is 2.80. The number of imidazole rings is 1. The van der Waals surface area contributed by atoms with Crippen molar-refractivity contribution in [2.75, 3.05) is 6.54 Å². The topological polar surface area (TPSA) is 57.8 Å². The van der Waals surface area contributed by atoms with Crippen LogP contribution < -0.4 is 5.32 Å². The highest BCUT2D eigenvalue weighted by Crippen LogP contribution is 2.38. The minimum absolute atomic E-state index is 0.222. The molecule has 1 amide bonds. The van der Waals surface area contributed by atoms with E-state index in [0.29, 0.717) is 29.8 Å². The number of benzene rings is 1. The van der Waals surface area contributed by atoms with Gasteiger partial charge in [0.2, 0.25) is 11.8 Å². The Balaban J connectivity index is 1.53. The van der Waals surface area contributed by atoms with Crippen LogP contribution in [0.25, 0.3) is 11.0 Å². The van der Waals surface area contributed by atoms with E-state index in [1.807, 2.05) is 0 Å². The number of nitrogens with zero attached hydrogens (tertiary/aromatic N) is 1. The van der Waals surface area contributed by atoms with Crippen LogP contribution >= 0.6 is 0 Å². The molecule has 0 radical (unpaired) electrons. The summed E-state index contributed by atoms with van der Waals surface area (Å²) in [6.07, 6.45) is 0.0663. The number of H-pyrrole nitrogens is 1. The zero-order valence-corrected chi connectivity index (χ0v) is 11.8. The van der Waals surface area contributed by atoms with E-state index in [4.69, 9.17) is 0 Å². The molecular weight excluding hydrogens is 295 g/mol. The van der Waals surface area contributed by atoms with Gasteiger partial charge in [0, 0.05) is 31.7 Å². The molecule has 1 saturated carbocycles. The van der Waals surface area contributed by atoms with Gasteiger partial charge in [-0.05, 0) is 24.6 Å². The fourth-order valence-corrected chi connectivity index (χ4v) is 2.78. The Bertz CT molecular complexity index is 698. The van der Waals surface area contributed by atoms with Gasteiger partial charge in [0.15, 0.2) is 0 Å². The maximum absolute atomic E-state index is 13.1. The lowest BCUT2D eigenvalue weighted by Crippen LogP contribution is -2.31. The average molecular weight is 311 g/mol. The van der Waals surface area contributed by atoms with Crippen molar-refractivity contribution in [2.24, 2.45) is 5.92 Å². The number of aromatic amines is 1. The Hall–Kier alpha value is -2.05. The molecule has 0 aliphatic heterocycles. The Labute approximate surface area is 125 Å². The fourth-order valence-electron chi connectivity index (χ4n) is 2.78. The van der Waals surface area contributed by atoms with E-state index in [-0.39, 0.29) is 31.0 Å².